The SMILES string of the molecule is COC(=O)C(C)(CCCN1CCN(c2ccc(-c3cccc(C)c3)cc2)CC1)c1ccccc1. The molecule has 1 fully saturated rings. The van der Waals surface area contributed by atoms with Crippen molar-refractivity contribution in [2.24, 2.45) is 0 Å². The number of piperazine rings is 1. The van der Waals surface area contributed by atoms with Crippen LogP contribution in [0.4, 0.5) is 5.69 Å². The Morgan fingerprint density at radius 1 is 0.882 bits per heavy atom. The lowest BCUT2D eigenvalue weighted by molar-refractivity contribution is -0.147. The Hall–Kier alpha value is -3.11. The van der Waals surface area contributed by atoms with E-state index in [4.69, 9.17) is 4.74 Å². The van der Waals surface area contributed by atoms with Gasteiger partial charge in [0.1, 0.15) is 0 Å². The van der Waals surface area contributed by atoms with Crippen molar-refractivity contribution in [2.45, 2.75) is 32.1 Å². The molecule has 0 amide bonds. The Kier molecular flexibility index (Phi) is 7.69. The average molecular weight is 457 g/mol. The molecule has 0 spiro atoms. The molecule has 1 aliphatic rings. The standard InChI is InChI=1S/C30H36N2O2/c1-24-9-7-10-26(23-24)25-13-15-28(16-14-25)32-21-19-31(20-22-32)18-8-17-30(2,29(33)34-3)27-11-5-4-6-12-27/h4-7,9-16,23H,8,17-22H2,1-3H3. The van der Waals surface area contributed by atoms with E-state index in [1.54, 1.807) is 0 Å². The lowest BCUT2D eigenvalue weighted by atomic mass is 9.78. The predicted octanol–water partition coefficient (Wildman–Crippen LogP) is 5.70. The third-order valence-electron chi connectivity index (χ3n) is 7.15. The molecule has 0 radical (unpaired) electrons. The molecule has 1 saturated heterocycles. The Bertz CT molecular complexity index is 1070. The number of hydrogen-bond acceptors (Lipinski definition) is 4. The van der Waals surface area contributed by atoms with Crippen LogP contribution in [-0.2, 0) is 14.9 Å². The summed E-state index contributed by atoms with van der Waals surface area (Å²) in [5.41, 5.74) is 5.54. The van der Waals surface area contributed by atoms with E-state index < -0.39 is 5.41 Å². The lowest BCUT2D eigenvalue weighted by Crippen LogP contribution is -2.47. The smallest absolute Gasteiger partial charge is 0.315 e. The van der Waals surface area contributed by atoms with Gasteiger partial charge in [0.25, 0.3) is 0 Å². The zero-order valence-electron chi connectivity index (χ0n) is 20.7. The summed E-state index contributed by atoms with van der Waals surface area (Å²) >= 11 is 0. The highest BCUT2D eigenvalue weighted by Crippen LogP contribution is 2.31. The number of ether oxygens (including phenoxy) is 1. The van der Waals surface area contributed by atoms with E-state index in [9.17, 15) is 4.79 Å². The van der Waals surface area contributed by atoms with E-state index in [0.717, 1.165) is 51.1 Å². The molecule has 178 valence electrons. The summed E-state index contributed by atoms with van der Waals surface area (Å²) in [5.74, 6) is -0.155. The van der Waals surface area contributed by atoms with E-state index in [2.05, 4.69) is 65.3 Å². The minimum absolute atomic E-state index is 0.155. The van der Waals surface area contributed by atoms with Crippen molar-refractivity contribution in [3.63, 3.8) is 0 Å². The highest BCUT2D eigenvalue weighted by atomic mass is 16.5. The summed E-state index contributed by atoms with van der Waals surface area (Å²) in [7, 11) is 1.48. The van der Waals surface area contributed by atoms with Crippen LogP contribution in [0.1, 0.15) is 30.9 Å². The van der Waals surface area contributed by atoms with Crippen molar-refractivity contribution in [3.8, 4) is 11.1 Å². The van der Waals surface area contributed by atoms with Gasteiger partial charge in [0.15, 0.2) is 0 Å². The monoisotopic (exact) mass is 456 g/mol. The van der Waals surface area contributed by atoms with E-state index in [0.29, 0.717) is 0 Å². The first-order chi connectivity index (χ1) is 16.5. The molecule has 0 bridgehead atoms. The predicted molar refractivity (Wildman–Crippen MR) is 140 cm³/mol. The fourth-order valence-corrected chi connectivity index (χ4v) is 4.97. The fraction of sp³-hybridized carbons (Fsp3) is 0.367. The molecule has 1 aliphatic heterocycles. The Morgan fingerprint density at radius 2 is 1.59 bits per heavy atom. The second-order valence-corrected chi connectivity index (χ2v) is 9.54. The van der Waals surface area contributed by atoms with Crippen molar-refractivity contribution < 1.29 is 9.53 Å². The van der Waals surface area contributed by atoms with Crippen LogP contribution in [-0.4, -0.2) is 50.7 Å². The number of aryl methyl sites for hydroxylation is 1. The first-order valence-electron chi connectivity index (χ1n) is 12.3. The average Bonchev–Trinajstić information content (AvgIpc) is 2.89. The summed E-state index contributed by atoms with van der Waals surface area (Å²) in [6, 6.07) is 27.6. The minimum atomic E-state index is -0.600. The van der Waals surface area contributed by atoms with Crippen LogP contribution in [0.3, 0.4) is 0 Å². The number of rotatable bonds is 8. The summed E-state index contributed by atoms with van der Waals surface area (Å²) in [4.78, 5) is 17.6. The van der Waals surface area contributed by atoms with Crippen LogP contribution < -0.4 is 4.90 Å². The van der Waals surface area contributed by atoms with Gasteiger partial charge in [0.2, 0.25) is 0 Å². The molecular weight excluding hydrogens is 420 g/mol. The first kappa shape index (κ1) is 24.0. The maximum Gasteiger partial charge on any atom is 0.315 e. The van der Waals surface area contributed by atoms with Gasteiger partial charge in [-0.25, -0.2) is 0 Å². The van der Waals surface area contributed by atoms with Crippen LogP contribution in [0.2, 0.25) is 0 Å². The zero-order valence-corrected chi connectivity index (χ0v) is 20.7. The van der Waals surface area contributed by atoms with Crippen LogP contribution in [0, 0.1) is 6.92 Å². The summed E-state index contributed by atoms with van der Waals surface area (Å²) < 4.78 is 5.16. The van der Waals surface area contributed by atoms with Crippen LogP contribution in [0.5, 0.6) is 0 Å². The summed E-state index contributed by atoms with van der Waals surface area (Å²) in [6.45, 7) is 9.27. The summed E-state index contributed by atoms with van der Waals surface area (Å²) in [6.07, 6.45) is 1.75. The van der Waals surface area contributed by atoms with Crippen molar-refractivity contribution in [2.75, 3.05) is 44.7 Å². The molecule has 0 N–H and O–H groups in total. The normalized spacial score (nSPS) is 16.1. The van der Waals surface area contributed by atoms with Gasteiger partial charge in [0, 0.05) is 31.9 Å². The molecule has 1 heterocycles. The minimum Gasteiger partial charge on any atom is -0.468 e. The second kappa shape index (κ2) is 10.9. The fourth-order valence-electron chi connectivity index (χ4n) is 4.97. The van der Waals surface area contributed by atoms with Gasteiger partial charge >= 0.3 is 5.97 Å². The maximum absolute atomic E-state index is 12.6. The van der Waals surface area contributed by atoms with Gasteiger partial charge in [-0.3, -0.25) is 9.69 Å². The van der Waals surface area contributed by atoms with E-state index in [1.807, 2.05) is 37.3 Å². The molecular formula is C30H36N2O2. The Morgan fingerprint density at radius 3 is 2.24 bits per heavy atom. The molecule has 3 aromatic carbocycles. The Balaban J connectivity index is 1.29. The van der Waals surface area contributed by atoms with E-state index in [1.165, 1.54) is 29.5 Å². The topological polar surface area (TPSA) is 32.8 Å². The molecule has 4 nitrogen and oxygen atoms in total. The highest BCUT2D eigenvalue weighted by molar-refractivity contribution is 5.82. The van der Waals surface area contributed by atoms with Crippen LogP contribution >= 0.6 is 0 Å². The van der Waals surface area contributed by atoms with Crippen molar-refractivity contribution in [3.05, 3.63) is 90.0 Å². The zero-order chi connectivity index (χ0) is 24.0. The highest BCUT2D eigenvalue weighted by Gasteiger charge is 2.36. The number of hydrogen-bond donors (Lipinski definition) is 0. The molecule has 1 unspecified atom stereocenters. The number of methoxy groups -OCH3 is 1. The number of nitrogens with zero attached hydrogens (tertiary/aromatic N) is 2. The second-order valence-electron chi connectivity index (χ2n) is 9.54. The van der Waals surface area contributed by atoms with Gasteiger partial charge in [-0.05, 0) is 62.1 Å². The first-order valence-corrected chi connectivity index (χ1v) is 12.3. The number of esters is 1. The third kappa shape index (κ3) is 5.51. The third-order valence-corrected chi connectivity index (χ3v) is 7.15. The van der Waals surface area contributed by atoms with E-state index in [-0.39, 0.29) is 5.97 Å². The van der Waals surface area contributed by atoms with Gasteiger partial charge in [-0.2, -0.15) is 0 Å². The largest absolute Gasteiger partial charge is 0.468 e. The van der Waals surface area contributed by atoms with Crippen LogP contribution in [0.25, 0.3) is 11.1 Å². The molecule has 0 saturated carbocycles. The maximum atomic E-state index is 12.6. The van der Waals surface area contributed by atoms with Crippen LogP contribution in [0.15, 0.2) is 78.9 Å². The van der Waals surface area contributed by atoms with Gasteiger partial charge in [0.05, 0.1) is 12.5 Å². The van der Waals surface area contributed by atoms with Crippen molar-refractivity contribution in [1.82, 2.24) is 4.90 Å². The van der Waals surface area contributed by atoms with E-state index >= 15 is 0 Å². The quantitative estimate of drug-likeness (QED) is 0.407. The van der Waals surface area contributed by atoms with Crippen molar-refractivity contribution >= 4 is 11.7 Å². The molecule has 3 aromatic rings. The Labute approximate surface area is 204 Å². The molecule has 4 rings (SSSR count). The molecule has 0 aliphatic carbocycles. The van der Waals surface area contributed by atoms with Gasteiger partial charge in [-0.15, -0.1) is 0 Å². The molecule has 1 atom stereocenters. The number of anilines is 1. The lowest BCUT2D eigenvalue weighted by Gasteiger charge is -2.36. The van der Waals surface area contributed by atoms with Crippen molar-refractivity contribution in [1.29, 1.82) is 0 Å². The van der Waals surface area contributed by atoms with Gasteiger partial charge in [-0.1, -0.05) is 72.3 Å². The molecule has 4 heteroatoms. The number of carbonyl (C=O) groups excluding carboxylic acids is 1. The number of carbonyl (C=O) groups is 1. The van der Waals surface area contributed by atoms with Gasteiger partial charge < -0.3 is 9.64 Å². The molecule has 34 heavy (non-hydrogen) atoms. The summed E-state index contributed by atoms with van der Waals surface area (Å²) in [5, 5.41) is 0. The molecule has 0 aromatic heterocycles. The number of benzene rings is 3.